The highest BCUT2D eigenvalue weighted by Gasteiger charge is 2.47. The quantitative estimate of drug-likeness (QED) is 0.727. The van der Waals surface area contributed by atoms with Crippen LogP contribution in [0.2, 0.25) is 18.1 Å². The minimum absolute atomic E-state index is 0.0444. The van der Waals surface area contributed by atoms with E-state index >= 15 is 0 Å². The van der Waals surface area contributed by atoms with Crippen molar-refractivity contribution >= 4 is 20.2 Å². The molecule has 0 aromatic heterocycles. The van der Waals surface area contributed by atoms with Crippen LogP contribution in [0.5, 0.6) is 0 Å². The summed E-state index contributed by atoms with van der Waals surface area (Å²) in [4.78, 5) is 26.1. The molecule has 0 saturated carbocycles. The van der Waals surface area contributed by atoms with E-state index in [2.05, 4.69) is 33.9 Å². The lowest BCUT2D eigenvalue weighted by molar-refractivity contribution is -0.123. The van der Waals surface area contributed by atoms with Crippen LogP contribution < -0.4 is 0 Å². The zero-order valence-corrected chi connectivity index (χ0v) is 17.1. The van der Waals surface area contributed by atoms with E-state index in [4.69, 9.17) is 9.16 Å². The lowest BCUT2D eigenvalue weighted by Gasteiger charge is -2.40. The second kappa shape index (κ2) is 6.55. The minimum atomic E-state index is -2.00. The molecule has 1 saturated heterocycles. The fraction of sp³-hybridized carbons (Fsp3) is 0.882. The number of ether oxygens (including phenoxy) is 1. The van der Waals surface area contributed by atoms with Gasteiger partial charge in [0, 0.05) is 6.54 Å². The number of Topliss-reactive ketones (excluding diaryl/α,β-unsaturated/α-hetero) is 1. The molecule has 0 aliphatic carbocycles. The Labute approximate surface area is 141 Å². The summed E-state index contributed by atoms with van der Waals surface area (Å²) in [6, 6.07) is -0.543. The van der Waals surface area contributed by atoms with Gasteiger partial charge in [-0.15, -0.1) is 0 Å². The van der Waals surface area contributed by atoms with E-state index in [1.165, 1.54) is 11.8 Å². The van der Waals surface area contributed by atoms with Crippen LogP contribution in [0.25, 0.3) is 0 Å². The Hall–Kier alpha value is -0.883. The van der Waals surface area contributed by atoms with Gasteiger partial charge in [0.05, 0.1) is 6.10 Å². The van der Waals surface area contributed by atoms with Crippen molar-refractivity contribution < 1.29 is 18.8 Å². The van der Waals surface area contributed by atoms with Gasteiger partial charge in [-0.05, 0) is 52.2 Å². The number of hydrogen-bond acceptors (Lipinski definition) is 4. The molecule has 0 aromatic rings. The van der Waals surface area contributed by atoms with Gasteiger partial charge in [-0.3, -0.25) is 9.69 Å². The summed E-state index contributed by atoms with van der Waals surface area (Å²) < 4.78 is 11.9. The minimum Gasteiger partial charge on any atom is -0.444 e. The number of likely N-dealkylation sites (tertiary alicyclic amines) is 1. The maximum absolute atomic E-state index is 12.4. The molecule has 1 heterocycles. The van der Waals surface area contributed by atoms with Gasteiger partial charge >= 0.3 is 6.09 Å². The number of amides is 1. The maximum Gasteiger partial charge on any atom is 0.410 e. The summed E-state index contributed by atoms with van der Waals surface area (Å²) in [6.45, 7) is 18.3. The molecule has 0 unspecified atom stereocenters. The van der Waals surface area contributed by atoms with Crippen LogP contribution in [0.15, 0.2) is 0 Å². The third kappa shape index (κ3) is 5.04. The SMILES string of the molecule is CC(=O)[C@@H]1[C@@H](O[Si](C)(C)C(C)(C)C)CCN1C(=O)OC(C)(C)C. The van der Waals surface area contributed by atoms with Gasteiger partial charge in [0.25, 0.3) is 0 Å². The number of carbonyl (C=O) groups is 2. The molecule has 6 heteroatoms. The Balaban J connectivity index is 2.93. The average Bonchev–Trinajstić information content (AvgIpc) is 2.67. The normalized spacial score (nSPS) is 23.1. The fourth-order valence-electron chi connectivity index (χ4n) is 2.45. The molecule has 0 aromatic carbocycles. The van der Waals surface area contributed by atoms with Crippen LogP contribution in [-0.4, -0.2) is 49.4 Å². The fourth-order valence-corrected chi connectivity index (χ4v) is 3.81. The van der Waals surface area contributed by atoms with Crippen LogP contribution in [0, 0.1) is 0 Å². The molecule has 134 valence electrons. The summed E-state index contributed by atoms with van der Waals surface area (Å²) in [5.41, 5.74) is -0.573. The third-order valence-electron chi connectivity index (χ3n) is 4.64. The molecule has 1 aliphatic rings. The Bertz CT molecular complexity index is 462. The van der Waals surface area contributed by atoms with Crippen LogP contribution in [-0.2, 0) is 14.0 Å². The number of rotatable bonds is 3. The summed E-state index contributed by atoms with van der Waals surface area (Å²) in [5.74, 6) is -0.0444. The van der Waals surface area contributed by atoms with Gasteiger partial charge in [-0.25, -0.2) is 4.79 Å². The Morgan fingerprint density at radius 2 is 1.61 bits per heavy atom. The number of nitrogens with zero attached hydrogens (tertiary/aromatic N) is 1. The summed E-state index contributed by atoms with van der Waals surface area (Å²) >= 11 is 0. The number of carbonyl (C=O) groups excluding carboxylic acids is 2. The highest BCUT2D eigenvalue weighted by Crippen LogP contribution is 2.39. The van der Waals surface area contributed by atoms with E-state index in [0.717, 1.165) is 0 Å². The Kier molecular flexibility index (Phi) is 5.74. The number of ketones is 1. The predicted molar refractivity (Wildman–Crippen MR) is 94.1 cm³/mol. The van der Waals surface area contributed by atoms with Crippen molar-refractivity contribution in [2.75, 3.05) is 6.54 Å². The third-order valence-corrected chi connectivity index (χ3v) is 9.14. The summed E-state index contributed by atoms with van der Waals surface area (Å²) in [6.07, 6.45) is 0.00987. The van der Waals surface area contributed by atoms with Gasteiger partial charge in [0.1, 0.15) is 11.6 Å². The van der Waals surface area contributed by atoms with Crippen LogP contribution in [0.3, 0.4) is 0 Å². The second-order valence-electron chi connectivity index (χ2n) is 8.93. The van der Waals surface area contributed by atoms with E-state index in [1.54, 1.807) is 0 Å². The van der Waals surface area contributed by atoms with Crippen LogP contribution >= 0.6 is 0 Å². The van der Waals surface area contributed by atoms with Gasteiger partial charge in [0.15, 0.2) is 14.1 Å². The molecule has 1 rings (SSSR count). The first-order valence-corrected chi connectivity index (χ1v) is 11.2. The molecule has 1 fully saturated rings. The van der Waals surface area contributed by atoms with Crippen molar-refractivity contribution in [2.24, 2.45) is 0 Å². The van der Waals surface area contributed by atoms with E-state index in [9.17, 15) is 9.59 Å². The molecule has 0 spiro atoms. The summed E-state index contributed by atoms with van der Waals surface area (Å²) in [5, 5.41) is 0.0632. The molecular formula is C17H33NO4Si. The smallest absolute Gasteiger partial charge is 0.410 e. The highest BCUT2D eigenvalue weighted by atomic mass is 28.4. The molecule has 23 heavy (non-hydrogen) atoms. The molecule has 0 radical (unpaired) electrons. The van der Waals surface area contributed by atoms with Gasteiger partial charge in [-0.1, -0.05) is 20.8 Å². The van der Waals surface area contributed by atoms with E-state index in [1.807, 2.05) is 20.8 Å². The molecule has 0 N–H and O–H groups in total. The largest absolute Gasteiger partial charge is 0.444 e. The van der Waals surface area contributed by atoms with Gasteiger partial charge in [0.2, 0.25) is 0 Å². The topological polar surface area (TPSA) is 55.8 Å². The molecule has 0 bridgehead atoms. The second-order valence-corrected chi connectivity index (χ2v) is 13.7. The van der Waals surface area contributed by atoms with Crippen LogP contribution in [0.4, 0.5) is 4.79 Å². The average molecular weight is 344 g/mol. The zero-order chi connectivity index (χ0) is 18.2. The van der Waals surface area contributed by atoms with E-state index in [-0.39, 0.29) is 16.9 Å². The Morgan fingerprint density at radius 3 is 2.00 bits per heavy atom. The standard InChI is InChI=1S/C17H33NO4Si/c1-12(19)14-13(22-23(8,9)17(5,6)7)10-11-18(14)15(20)21-16(2,3)4/h13-14H,10-11H2,1-9H3/t13-,14+/m0/s1. The van der Waals surface area contributed by atoms with Crippen molar-refractivity contribution in [1.29, 1.82) is 0 Å². The van der Waals surface area contributed by atoms with E-state index < -0.39 is 26.1 Å². The first-order chi connectivity index (χ1) is 10.2. The predicted octanol–water partition coefficient (Wildman–Crippen LogP) is 3.98. The van der Waals surface area contributed by atoms with Gasteiger partial charge in [-0.2, -0.15) is 0 Å². The molecule has 1 aliphatic heterocycles. The van der Waals surface area contributed by atoms with Crippen molar-refractivity contribution in [3.05, 3.63) is 0 Å². The molecular weight excluding hydrogens is 310 g/mol. The molecule has 2 atom stereocenters. The molecule has 5 nitrogen and oxygen atoms in total. The van der Waals surface area contributed by atoms with E-state index in [0.29, 0.717) is 13.0 Å². The zero-order valence-electron chi connectivity index (χ0n) is 16.1. The highest BCUT2D eigenvalue weighted by molar-refractivity contribution is 6.74. The maximum atomic E-state index is 12.4. The van der Waals surface area contributed by atoms with Gasteiger partial charge < -0.3 is 9.16 Å². The first kappa shape index (κ1) is 20.2. The lowest BCUT2D eigenvalue weighted by atomic mass is 10.1. The number of hydrogen-bond donors (Lipinski definition) is 0. The summed E-state index contributed by atoms with van der Waals surface area (Å²) in [7, 11) is -2.00. The Morgan fingerprint density at radius 1 is 1.09 bits per heavy atom. The monoisotopic (exact) mass is 343 g/mol. The lowest BCUT2D eigenvalue weighted by Crippen LogP contribution is -2.51. The van der Waals surface area contributed by atoms with Crippen molar-refractivity contribution in [3.8, 4) is 0 Å². The molecule has 1 amide bonds. The van der Waals surface area contributed by atoms with Crippen molar-refractivity contribution in [1.82, 2.24) is 4.90 Å². The van der Waals surface area contributed by atoms with Crippen molar-refractivity contribution in [2.45, 2.75) is 90.8 Å². The van der Waals surface area contributed by atoms with Crippen LogP contribution in [0.1, 0.15) is 54.9 Å². The first-order valence-electron chi connectivity index (χ1n) is 8.33. The van der Waals surface area contributed by atoms with Crippen molar-refractivity contribution in [3.63, 3.8) is 0 Å².